The van der Waals surface area contributed by atoms with Crippen molar-refractivity contribution in [3.63, 3.8) is 0 Å². The lowest BCUT2D eigenvalue weighted by atomic mass is 10.1. The molecule has 1 heterocycles. The van der Waals surface area contributed by atoms with Gasteiger partial charge in [0.2, 0.25) is 5.91 Å². The van der Waals surface area contributed by atoms with Gasteiger partial charge in [0.1, 0.15) is 0 Å². The molecule has 0 N–H and O–H groups in total. The summed E-state index contributed by atoms with van der Waals surface area (Å²) in [7, 11) is 1.61. The first-order valence-electron chi connectivity index (χ1n) is 8.36. The second-order valence-corrected chi connectivity index (χ2v) is 6.41. The maximum absolute atomic E-state index is 12.4. The molecule has 0 unspecified atom stereocenters. The minimum absolute atomic E-state index is 0.00141. The summed E-state index contributed by atoms with van der Waals surface area (Å²) in [5.41, 5.74) is 0.894. The molecule has 1 aromatic carbocycles. The quantitative estimate of drug-likeness (QED) is 0.777. The largest absolute Gasteiger partial charge is 0.493 e. The maximum atomic E-state index is 12.4. The number of carbonyl (C=O) groups excluding carboxylic acids is 1. The van der Waals surface area contributed by atoms with Crippen LogP contribution in [0.15, 0.2) is 24.3 Å². The number of carbonyl (C=O) groups is 1. The Bertz CT molecular complexity index is 587. The molecule has 24 heavy (non-hydrogen) atoms. The SMILES string of the molecule is COc1cc(/C=C/C(=O)N2C[C@@H](C)O[C@@H](C)C2)ccc1OC(C)C. The second kappa shape index (κ2) is 8.20. The average molecular weight is 333 g/mol. The normalized spacial score (nSPS) is 21.3. The molecule has 2 rings (SSSR count). The fourth-order valence-electron chi connectivity index (χ4n) is 2.77. The number of methoxy groups -OCH3 is 1. The Balaban J connectivity index is 2.06. The van der Waals surface area contributed by atoms with Crippen molar-refractivity contribution in [2.24, 2.45) is 0 Å². The lowest BCUT2D eigenvalue weighted by molar-refractivity contribution is -0.137. The van der Waals surface area contributed by atoms with E-state index in [4.69, 9.17) is 14.2 Å². The maximum Gasteiger partial charge on any atom is 0.246 e. The number of hydrogen-bond acceptors (Lipinski definition) is 4. The van der Waals surface area contributed by atoms with E-state index in [-0.39, 0.29) is 24.2 Å². The van der Waals surface area contributed by atoms with E-state index in [1.807, 2.05) is 50.8 Å². The van der Waals surface area contributed by atoms with E-state index in [2.05, 4.69) is 0 Å². The molecule has 1 saturated heterocycles. The van der Waals surface area contributed by atoms with Gasteiger partial charge in [-0.2, -0.15) is 0 Å². The van der Waals surface area contributed by atoms with Crippen LogP contribution in [0, 0.1) is 0 Å². The van der Waals surface area contributed by atoms with Crippen molar-refractivity contribution in [1.82, 2.24) is 4.90 Å². The highest BCUT2D eigenvalue weighted by Crippen LogP contribution is 2.29. The third-order valence-electron chi connectivity index (χ3n) is 3.70. The van der Waals surface area contributed by atoms with Crippen LogP contribution in [0.5, 0.6) is 11.5 Å². The standard InChI is InChI=1S/C19H27NO4/c1-13(2)23-17-8-6-16(10-18(17)22-5)7-9-19(21)20-11-14(3)24-15(4)12-20/h6-10,13-15H,11-12H2,1-5H3/b9-7+/t14-,15+. The van der Waals surface area contributed by atoms with E-state index in [0.29, 0.717) is 24.6 Å². The van der Waals surface area contributed by atoms with Crippen LogP contribution in [0.4, 0.5) is 0 Å². The average Bonchev–Trinajstić information content (AvgIpc) is 2.52. The molecule has 1 fully saturated rings. The molecule has 0 aliphatic carbocycles. The summed E-state index contributed by atoms with van der Waals surface area (Å²) in [5.74, 6) is 1.36. The van der Waals surface area contributed by atoms with Crippen LogP contribution < -0.4 is 9.47 Å². The summed E-state index contributed by atoms with van der Waals surface area (Å²) < 4.78 is 16.7. The van der Waals surface area contributed by atoms with E-state index in [9.17, 15) is 4.79 Å². The molecule has 0 bridgehead atoms. The fraction of sp³-hybridized carbons (Fsp3) is 0.526. The molecule has 0 saturated carbocycles. The molecule has 0 spiro atoms. The Hall–Kier alpha value is -2.01. The van der Waals surface area contributed by atoms with Gasteiger partial charge in [0.25, 0.3) is 0 Å². The van der Waals surface area contributed by atoms with Gasteiger partial charge in [-0.3, -0.25) is 4.79 Å². The number of nitrogens with zero attached hydrogens (tertiary/aromatic N) is 1. The van der Waals surface area contributed by atoms with E-state index in [1.54, 1.807) is 19.3 Å². The molecular weight excluding hydrogens is 306 g/mol. The highest BCUT2D eigenvalue weighted by atomic mass is 16.5. The van der Waals surface area contributed by atoms with Crippen molar-refractivity contribution < 1.29 is 19.0 Å². The van der Waals surface area contributed by atoms with Gasteiger partial charge in [-0.05, 0) is 51.5 Å². The van der Waals surface area contributed by atoms with Crippen LogP contribution in [0.2, 0.25) is 0 Å². The zero-order chi connectivity index (χ0) is 17.7. The summed E-state index contributed by atoms with van der Waals surface area (Å²) in [6.07, 6.45) is 3.61. The molecule has 0 radical (unpaired) electrons. The van der Waals surface area contributed by atoms with Gasteiger partial charge in [0.05, 0.1) is 25.4 Å². The first-order valence-corrected chi connectivity index (χ1v) is 8.36. The number of amides is 1. The number of benzene rings is 1. The number of morpholine rings is 1. The molecule has 5 nitrogen and oxygen atoms in total. The fourth-order valence-corrected chi connectivity index (χ4v) is 2.77. The molecule has 1 aromatic rings. The zero-order valence-corrected chi connectivity index (χ0v) is 15.1. The highest BCUT2D eigenvalue weighted by Gasteiger charge is 2.24. The molecular formula is C19H27NO4. The minimum atomic E-state index is -0.00141. The van der Waals surface area contributed by atoms with Crippen molar-refractivity contribution >= 4 is 12.0 Å². The summed E-state index contributed by atoms with van der Waals surface area (Å²) in [4.78, 5) is 14.2. The third-order valence-corrected chi connectivity index (χ3v) is 3.70. The van der Waals surface area contributed by atoms with Crippen molar-refractivity contribution in [2.45, 2.75) is 46.0 Å². The Labute approximate surface area is 144 Å². The molecule has 2 atom stereocenters. The van der Waals surface area contributed by atoms with Gasteiger partial charge in [-0.15, -0.1) is 0 Å². The minimum Gasteiger partial charge on any atom is -0.493 e. The van der Waals surface area contributed by atoms with Gasteiger partial charge in [-0.1, -0.05) is 6.07 Å². The molecule has 132 valence electrons. The molecule has 1 aliphatic heterocycles. The van der Waals surface area contributed by atoms with Crippen molar-refractivity contribution in [3.05, 3.63) is 29.8 Å². The highest BCUT2D eigenvalue weighted by molar-refractivity contribution is 5.92. The predicted molar refractivity (Wildman–Crippen MR) is 94.4 cm³/mol. The van der Waals surface area contributed by atoms with Gasteiger partial charge in [-0.25, -0.2) is 0 Å². The predicted octanol–water partition coefficient (Wildman–Crippen LogP) is 3.13. The Morgan fingerprint density at radius 2 is 1.92 bits per heavy atom. The number of ether oxygens (including phenoxy) is 3. The van der Waals surface area contributed by atoms with Crippen molar-refractivity contribution in [1.29, 1.82) is 0 Å². The van der Waals surface area contributed by atoms with Crippen LogP contribution in [0.1, 0.15) is 33.3 Å². The summed E-state index contributed by atoms with van der Waals surface area (Å²) >= 11 is 0. The third kappa shape index (κ3) is 4.99. The van der Waals surface area contributed by atoms with Gasteiger partial charge >= 0.3 is 0 Å². The topological polar surface area (TPSA) is 48.0 Å². The number of rotatable bonds is 5. The van der Waals surface area contributed by atoms with Crippen LogP contribution in [-0.4, -0.2) is 49.3 Å². The van der Waals surface area contributed by atoms with Gasteiger partial charge < -0.3 is 19.1 Å². The lowest BCUT2D eigenvalue weighted by Crippen LogP contribution is -2.47. The lowest BCUT2D eigenvalue weighted by Gasteiger charge is -2.34. The zero-order valence-electron chi connectivity index (χ0n) is 15.1. The van der Waals surface area contributed by atoms with Gasteiger partial charge in [0, 0.05) is 19.2 Å². The smallest absolute Gasteiger partial charge is 0.246 e. The van der Waals surface area contributed by atoms with Crippen molar-refractivity contribution in [2.75, 3.05) is 20.2 Å². The van der Waals surface area contributed by atoms with Crippen molar-refractivity contribution in [3.8, 4) is 11.5 Å². The van der Waals surface area contributed by atoms with E-state index < -0.39 is 0 Å². The monoisotopic (exact) mass is 333 g/mol. The molecule has 5 heteroatoms. The van der Waals surface area contributed by atoms with Gasteiger partial charge in [0.15, 0.2) is 11.5 Å². The first-order chi connectivity index (χ1) is 11.4. The van der Waals surface area contributed by atoms with Crippen LogP contribution >= 0.6 is 0 Å². The summed E-state index contributed by atoms with van der Waals surface area (Å²) in [6, 6.07) is 5.64. The number of hydrogen-bond donors (Lipinski definition) is 0. The van der Waals surface area contributed by atoms with E-state index in [1.165, 1.54) is 0 Å². The Morgan fingerprint density at radius 1 is 1.25 bits per heavy atom. The van der Waals surface area contributed by atoms with Crippen LogP contribution in [0.3, 0.4) is 0 Å². The Morgan fingerprint density at radius 3 is 2.50 bits per heavy atom. The summed E-state index contributed by atoms with van der Waals surface area (Å²) in [5, 5.41) is 0. The summed E-state index contributed by atoms with van der Waals surface area (Å²) in [6.45, 7) is 9.15. The molecule has 1 aliphatic rings. The van der Waals surface area contributed by atoms with Crippen LogP contribution in [0.25, 0.3) is 6.08 Å². The first kappa shape index (κ1) is 18.3. The van der Waals surface area contributed by atoms with Crippen LogP contribution in [-0.2, 0) is 9.53 Å². The second-order valence-electron chi connectivity index (χ2n) is 6.41. The van der Waals surface area contributed by atoms with E-state index >= 15 is 0 Å². The van der Waals surface area contributed by atoms with E-state index in [0.717, 1.165) is 5.56 Å². The molecule has 0 aromatic heterocycles. The Kier molecular flexibility index (Phi) is 6.26. The molecule has 1 amide bonds.